The van der Waals surface area contributed by atoms with Crippen LogP contribution in [0, 0.1) is 11.8 Å². The Labute approximate surface area is 113 Å². The zero-order chi connectivity index (χ0) is 13.0. The summed E-state index contributed by atoms with van der Waals surface area (Å²) < 4.78 is 0. The molecule has 1 heterocycles. The van der Waals surface area contributed by atoms with Gasteiger partial charge in [0.2, 0.25) is 0 Å². The third kappa shape index (κ3) is 3.16. The highest BCUT2D eigenvalue weighted by atomic mass is 32.1. The summed E-state index contributed by atoms with van der Waals surface area (Å²) in [5.41, 5.74) is 6.46. The van der Waals surface area contributed by atoms with Crippen molar-refractivity contribution in [1.29, 1.82) is 0 Å². The average molecular weight is 264 g/mol. The zero-order valence-electron chi connectivity index (χ0n) is 10.7. The lowest BCUT2D eigenvalue weighted by atomic mass is 9.80. The molecule has 0 amide bonds. The average Bonchev–Trinajstić information content (AvgIpc) is 2.38. The van der Waals surface area contributed by atoms with Gasteiger partial charge in [-0.25, -0.2) is 0 Å². The molecular formula is C13H20N4S. The fourth-order valence-corrected chi connectivity index (χ4v) is 2.75. The molecule has 0 saturated heterocycles. The van der Waals surface area contributed by atoms with E-state index < -0.39 is 0 Å². The Morgan fingerprint density at radius 2 is 2.28 bits per heavy atom. The van der Waals surface area contributed by atoms with E-state index in [2.05, 4.69) is 22.4 Å². The minimum absolute atomic E-state index is 0.365. The number of nitrogens with zero attached hydrogens (tertiary/aromatic N) is 2. The highest BCUT2D eigenvalue weighted by molar-refractivity contribution is 7.80. The van der Waals surface area contributed by atoms with Crippen LogP contribution in [0.1, 0.15) is 38.2 Å². The number of hydrogen-bond donors (Lipinski definition) is 2. The van der Waals surface area contributed by atoms with E-state index in [9.17, 15) is 0 Å². The van der Waals surface area contributed by atoms with Gasteiger partial charge in [0.1, 0.15) is 4.99 Å². The second-order valence-electron chi connectivity index (χ2n) is 5.06. The monoisotopic (exact) mass is 264 g/mol. The van der Waals surface area contributed by atoms with Crippen molar-refractivity contribution in [1.82, 2.24) is 10.2 Å². The molecule has 1 aliphatic carbocycles. The number of rotatable bonds is 4. The maximum Gasteiger partial charge on any atom is 0.158 e. The van der Waals surface area contributed by atoms with Gasteiger partial charge in [-0.2, -0.15) is 5.10 Å². The summed E-state index contributed by atoms with van der Waals surface area (Å²) >= 11 is 5.01. The molecule has 0 spiro atoms. The van der Waals surface area contributed by atoms with E-state index in [-0.39, 0.29) is 0 Å². The Morgan fingerprint density at radius 1 is 1.50 bits per heavy atom. The van der Waals surface area contributed by atoms with Crippen LogP contribution < -0.4 is 11.1 Å². The summed E-state index contributed by atoms with van der Waals surface area (Å²) in [6, 6.07) is 1.81. The Balaban J connectivity index is 1.99. The summed E-state index contributed by atoms with van der Waals surface area (Å²) in [5, 5.41) is 11.3. The molecule has 18 heavy (non-hydrogen) atoms. The number of nitrogens with one attached hydrogen (secondary N) is 1. The maximum absolute atomic E-state index is 5.67. The predicted molar refractivity (Wildman–Crippen MR) is 77.5 cm³/mol. The van der Waals surface area contributed by atoms with E-state index in [1.165, 1.54) is 25.7 Å². The molecule has 5 heteroatoms. The molecular weight excluding hydrogens is 244 g/mol. The summed E-state index contributed by atoms with van der Waals surface area (Å²) in [6.45, 7) is 3.26. The first-order chi connectivity index (χ1) is 8.68. The van der Waals surface area contributed by atoms with Gasteiger partial charge < -0.3 is 11.1 Å². The van der Waals surface area contributed by atoms with Crippen LogP contribution >= 0.6 is 12.2 Å². The molecule has 1 fully saturated rings. The van der Waals surface area contributed by atoms with Gasteiger partial charge in [0, 0.05) is 6.54 Å². The first-order valence-electron chi connectivity index (χ1n) is 6.54. The fourth-order valence-electron chi connectivity index (χ4n) is 2.59. The van der Waals surface area contributed by atoms with Gasteiger partial charge in [0.15, 0.2) is 5.82 Å². The van der Waals surface area contributed by atoms with Crippen LogP contribution in [-0.4, -0.2) is 21.7 Å². The van der Waals surface area contributed by atoms with Crippen LogP contribution in [-0.2, 0) is 0 Å². The predicted octanol–water partition coefficient (Wildman–Crippen LogP) is 2.35. The summed E-state index contributed by atoms with van der Waals surface area (Å²) in [4.78, 5) is 0.365. The molecule has 1 aromatic heterocycles. The first kappa shape index (κ1) is 13.2. The van der Waals surface area contributed by atoms with Crippen molar-refractivity contribution in [3.05, 3.63) is 17.8 Å². The summed E-state index contributed by atoms with van der Waals surface area (Å²) in [6.07, 6.45) is 6.93. The van der Waals surface area contributed by atoms with E-state index >= 15 is 0 Å². The van der Waals surface area contributed by atoms with E-state index in [4.69, 9.17) is 18.0 Å². The second-order valence-corrected chi connectivity index (χ2v) is 5.50. The van der Waals surface area contributed by atoms with E-state index in [0.717, 1.165) is 18.0 Å². The van der Waals surface area contributed by atoms with Gasteiger partial charge in [0.05, 0.1) is 11.8 Å². The molecule has 4 nitrogen and oxygen atoms in total. The highest BCUT2D eigenvalue weighted by Gasteiger charge is 2.21. The van der Waals surface area contributed by atoms with Crippen LogP contribution in [0.2, 0.25) is 0 Å². The standard InChI is InChI=1S/C13H20N4S/c1-9-4-2-3-5-10(9)8-15-13-11(12(14)18)6-7-16-17-13/h6-7,9-10H,2-5,8H2,1H3,(H2,14,18)(H,15,17). The van der Waals surface area contributed by atoms with Gasteiger partial charge in [-0.1, -0.05) is 38.4 Å². The number of aromatic nitrogens is 2. The Bertz CT molecular complexity index is 421. The molecule has 0 aromatic carbocycles. The van der Waals surface area contributed by atoms with E-state index in [0.29, 0.717) is 16.7 Å². The Morgan fingerprint density at radius 3 is 3.00 bits per heavy atom. The van der Waals surface area contributed by atoms with Gasteiger partial charge in [0.25, 0.3) is 0 Å². The quantitative estimate of drug-likeness (QED) is 0.817. The van der Waals surface area contributed by atoms with E-state index in [1.807, 2.05) is 6.07 Å². The molecule has 2 atom stereocenters. The van der Waals surface area contributed by atoms with Crippen molar-refractivity contribution in [3.8, 4) is 0 Å². The second kappa shape index (κ2) is 6.09. The van der Waals surface area contributed by atoms with Gasteiger partial charge in [-0.3, -0.25) is 0 Å². The van der Waals surface area contributed by atoms with Crippen LogP contribution in [0.15, 0.2) is 12.3 Å². The Hall–Kier alpha value is -1.23. The van der Waals surface area contributed by atoms with E-state index in [1.54, 1.807) is 6.20 Å². The smallest absolute Gasteiger partial charge is 0.158 e. The SMILES string of the molecule is CC1CCCCC1CNc1nnccc1C(N)=S. The number of anilines is 1. The van der Waals surface area contributed by atoms with Crippen molar-refractivity contribution in [2.24, 2.45) is 17.6 Å². The molecule has 2 rings (SSSR count). The third-order valence-corrected chi connectivity index (χ3v) is 4.03. The third-order valence-electron chi connectivity index (χ3n) is 3.81. The molecule has 1 aliphatic rings. The van der Waals surface area contributed by atoms with Crippen molar-refractivity contribution < 1.29 is 0 Å². The summed E-state index contributed by atoms with van der Waals surface area (Å²) in [7, 11) is 0. The zero-order valence-corrected chi connectivity index (χ0v) is 11.5. The first-order valence-corrected chi connectivity index (χ1v) is 6.94. The molecule has 0 bridgehead atoms. The summed E-state index contributed by atoms with van der Waals surface area (Å²) in [5.74, 6) is 2.19. The van der Waals surface area contributed by atoms with Gasteiger partial charge in [-0.15, -0.1) is 5.10 Å². The number of hydrogen-bond acceptors (Lipinski definition) is 4. The molecule has 3 N–H and O–H groups in total. The highest BCUT2D eigenvalue weighted by Crippen LogP contribution is 2.29. The van der Waals surface area contributed by atoms with Crippen LogP contribution in [0.25, 0.3) is 0 Å². The van der Waals surface area contributed by atoms with Gasteiger partial charge in [-0.05, 0) is 24.3 Å². The molecule has 2 unspecified atom stereocenters. The van der Waals surface area contributed by atoms with Crippen molar-refractivity contribution in [2.75, 3.05) is 11.9 Å². The maximum atomic E-state index is 5.67. The minimum Gasteiger partial charge on any atom is -0.389 e. The van der Waals surface area contributed by atoms with Crippen molar-refractivity contribution in [3.63, 3.8) is 0 Å². The van der Waals surface area contributed by atoms with Crippen LogP contribution in [0.3, 0.4) is 0 Å². The van der Waals surface area contributed by atoms with Gasteiger partial charge >= 0.3 is 0 Å². The molecule has 0 radical (unpaired) electrons. The number of thiocarbonyl (C=S) groups is 1. The lowest BCUT2D eigenvalue weighted by Gasteiger charge is -2.29. The lowest BCUT2D eigenvalue weighted by molar-refractivity contribution is 0.268. The Kier molecular flexibility index (Phi) is 4.47. The normalized spacial score (nSPS) is 23.6. The van der Waals surface area contributed by atoms with Crippen molar-refractivity contribution >= 4 is 23.0 Å². The topological polar surface area (TPSA) is 63.8 Å². The molecule has 1 aromatic rings. The molecule has 1 saturated carbocycles. The fraction of sp³-hybridized carbons (Fsp3) is 0.615. The largest absolute Gasteiger partial charge is 0.389 e. The van der Waals surface area contributed by atoms with Crippen LogP contribution in [0.4, 0.5) is 5.82 Å². The molecule has 0 aliphatic heterocycles. The minimum atomic E-state index is 0.365. The van der Waals surface area contributed by atoms with Crippen LogP contribution in [0.5, 0.6) is 0 Å². The molecule has 98 valence electrons. The van der Waals surface area contributed by atoms with Crippen molar-refractivity contribution in [2.45, 2.75) is 32.6 Å². The lowest BCUT2D eigenvalue weighted by Crippen LogP contribution is -2.26. The number of nitrogens with two attached hydrogens (primary N) is 1.